The summed E-state index contributed by atoms with van der Waals surface area (Å²) in [6.45, 7) is 0. The lowest BCUT2D eigenvalue weighted by molar-refractivity contribution is 0.102. The Bertz CT molecular complexity index is 973. The third-order valence-corrected chi connectivity index (χ3v) is 4.02. The highest BCUT2D eigenvalue weighted by atomic mass is 32.2. The molecule has 2 aromatic heterocycles. The number of hydrogen-bond acceptors (Lipinski definition) is 6. The molecule has 0 aliphatic carbocycles. The predicted octanol–water partition coefficient (Wildman–Crippen LogP) is 2.31. The van der Waals surface area contributed by atoms with Crippen LogP contribution in [0, 0.1) is 22.7 Å². The summed E-state index contributed by atoms with van der Waals surface area (Å²) in [4.78, 5) is 23.0. The van der Waals surface area contributed by atoms with Crippen LogP contribution >= 0.6 is 11.8 Å². The number of carbonyl (C=O) groups is 1. The van der Waals surface area contributed by atoms with Crippen molar-refractivity contribution >= 4 is 23.6 Å². The van der Waals surface area contributed by atoms with E-state index in [9.17, 15) is 4.79 Å². The highest BCUT2D eigenvalue weighted by Gasteiger charge is 2.13. The van der Waals surface area contributed by atoms with Gasteiger partial charge in [-0.3, -0.25) is 14.7 Å². The number of nitrogens with zero attached hydrogens (tertiary/aromatic N) is 5. The summed E-state index contributed by atoms with van der Waals surface area (Å²) in [6, 6.07) is 10.6. The minimum absolute atomic E-state index is 0.0119. The van der Waals surface area contributed by atoms with Crippen molar-refractivity contribution in [3.63, 3.8) is 0 Å². The molecule has 1 aromatic carbocycles. The Kier molecular flexibility index (Phi) is 4.50. The Morgan fingerprint density at radius 2 is 2.04 bits per heavy atom. The Balaban J connectivity index is 1.79. The molecular weight excluding hydrogens is 338 g/mol. The van der Waals surface area contributed by atoms with Gasteiger partial charge in [-0.1, -0.05) is 11.8 Å². The van der Waals surface area contributed by atoms with Gasteiger partial charge in [0.2, 0.25) is 5.95 Å². The van der Waals surface area contributed by atoms with Crippen LogP contribution in [0.2, 0.25) is 0 Å². The van der Waals surface area contributed by atoms with Crippen molar-refractivity contribution in [2.45, 2.75) is 5.16 Å². The SMILES string of the molecule is CSc1nccn1-c1ccc(C(=O)Nc2nc(C#N)c(C#N)[nH]2)cc1. The Morgan fingerprint density at radius 3 is 2.64 bits per heavy atom. The zero-order valence-corrected chi connectivity index (χ0v) is 13.8. The average molecular weight is 349 g/mol. The van der Waals surface area contributed by atoms with Crippen molar-refractivity contribution in [1.82, 2.24) is 19.5 Å². The van der Waals surface area contributed by atoms with Crippen LogP contribution in [0.1, 0.15) is 21.7 Å². The van der Waals surface area contributed by atoms with Crippen LogP contribution in [0.25, 0.3) is 5.69 Å². The first kappa shape index (κ1) is 16.3. The lowest BCUT2D eigenvalue weighted by Gasteiger charge is -2.07. The number of aromatic amines is 1. The van der Waals surface area contributed by atoms with Crippen LogP contribution in [0.15, 0.2) is 41.8 Å². The monoisotopic (exact) mass is 349 g/mol. The first-order valence-electron chi connectivity index (χ1n) is 7.05. The summed E-state index contributed by atoms with van der Waals surface area (Å²) in [6.07, 6.45) is 5.49. The molecule has 0 aliphatic heterocycles. The largest absolute Gasteiger partial charge is 0.314 e. The lowest BCUT2D eigenvalue weighted by Crippen LogP contribution is -2.13. The number of aromatic nitrogens is 4. The number of imidazole rings is 2. The molecule has 122 valence electrons. The van der Waals surface area contributed by atoms with Crippen LogP contribution in [-0.2, 0) is 0 Å². The molecular formula is C16H11N7OS. The van der Waals surface area contributed by atoms with E-state index in [4.69, 9.17) is 10.5 Å². The van der Waals surface area contributed by atoms with E-state index in [1.165, 1.54) is 11.8 Å². The van der Waals surface area contributed by atoms with E-state index in [0.29, 0.717) is 5.56 Å². The third-order valence-electron chi connectivity index (χ3n) is 3.35. The predicted molar refractivity (Wildman–Crippen MR) is 91.3 cm³/mol. The molecule has 2 heterocycles. The Labute approximate surface area is 147 Å². The fraction of sp³-hybridized carbons (Fsp3) is 0.0625. The smallest absolute Gasteiger partial charge is 0.257 e. The molecule has 2 N–H and O–H groups in total. The Hall–Kier alpha value is -3.56. The van der Waals surface area contributed by atoms with E-state index < -0.39 is 5.91 Å². The first-order chi connectivity index (χ1) is 12.2. The molecule has 8 nitrogen and oxygen atoms in total. The minimum Gasteiger partial charge on any atom is -0.314 e. The fourth-order valence-electron chi connectivity index (χ4n) is 2.18. The minimum atomic E-state index is -0.398. The number of rotatable bonds is 4. The van der Waals surface area contributed by atoms with Gasteiger partial charge in [0.05, 0.1) is 0 Å². The molecule has 0 bridgehead atoms. The second kappa shape index (κ2) is 6.91. The number of carbonyl (C=O) groups excluding carboxylic acids is 1. The number of benzene rings is 1. The second-order valence-corrected chi connectivity index (χ2v) is 5.59. The normalized spacial score (nSPS) is 10.0. The molecule has 0 saturated carbocycles. The van der Waals surface area contributed by atoms with Gasteiger partial charge in [-0.25, -0.2) is 9.97 Å². The van der Waals surface area contributed by atoms with E-state index >= 15 is 0 Å². The molecule has 0 spiro atoms. The molecule has 3 aromatic rings. The van der Waals surface area contributed by atoms with Gasteiger partial charge >= 0.3 is 0 Å². The van der Waals surface area contributed by atoms with Crippen LogP contribution in [0.5, 0.6) is 0 Å². The molecule has 0 atom stereocenters. The molecule has 0 fully saturated rings. The van der Waals surface area contributed by atoms with Crippen LogP contribution < -0.4 is 5.32 Å². The summed E-state index contributed by atoms with van der Waals surface area (Å²) in [5.74, 6) is -0.341. The maximum Gasteiger partial charge on any atom is 0.257 e. The number of nitriles is 2. The fourth-order valence-corrected chi connectivity index (χ4v) is 2.71. The topological polar surface area (TPSA) is 123 Å². The maximum atomic E-state index is 12.3. The number of anilines is 1. The van der Waals surface area contributed by atoms with Crippen molar-refractivity contribution in [3.05, 3.63) is 53.6 Å². The van der Waals surface area contributed by atoms with E-state index in [-0.39, 0.29) is 17.3 Å². The zero-order valence-electron chi connectivity index (χ0n) is 13.0. The molecule has 0 aliphatic rings. The maximum absolute atomic E-state index is 12.3. The van der Waals surface area contributed by atoms with Gasteiger partial charge in [0.15, 0.2) is 16.5 Å². The Morgan fingerprint density at radius 1 is 1.28 bits per heavy atom. The third kappa shape index (κ3) is 3.22. The second-order valence-electron chi connectivity index (χ2n) is 4.82. The van der Waals surface area contributed by atoms with E-state index in [0.717, 1.165) is 10.8 Å². The van der Waals surface area contributed by atoms with Crippen molar-refractivity contribution in [1.29, 1.82) is 10.5 Å². The van der Waals surface area contributed by atoms with Gasteiger partial charge in [-0.05, 0) is 30.5 Å². The van der Waals surface area contributed by atoms with Gasteiger partial charge in [0.25, 0.3) is 5.91 Å². The van der Waals surface area contributed by atoms with E-state index in [1.54, 1.807) is 36.5 Å². The van der Waals surface area contributed by atoms with Crippen molar-refractivity contribution in [3.8, 4) is 17.8 Å². The van der Waals surface area contributed by atoms with Gasteiger partial charge in [-0.2, -0.15) is 10.5 Å². The van der Waals surface area contributed by atoms with Gasteiger partial charge in [0, 0.05) is 23.6 Å². The summed E-state index contributed by atoms with van der Waals surface area (Å²) in [5.41, 5.74) is 1.26. The standard InChI is InChI=1S/C16H11N7OS/c1-25-16-19-6-7-23(16)11-4-2-10(3-5-11)14(24)22-15-20-12(8-17)13(9-18)21-15/h2-7H,1H3,(H2,20,21,22,24). The zero-order chi connectivity index (χ0) is 17.8. The van der Waals surface area contributed by atoms with Crippen LogP contribution in [-0.4, -0.2) is 31.7 Å². The summed E-state index contributed by atoms with van der Waals surface area (Å²) in [5, 5.41) is 21.1. The van der Waals surface area contributed by atoms with Gasteiger partial charge < -0.3 is 4.98 Å². The van der Waals surface area contributed by atoms with Gasteiger partial charge in [0.1, 0.15) is 12.1 Å². The highest BCUT2D eigenvalue weighted by molar-refractivity contribution is 7.98. The van der Waals surface area contributed by atoms with Gasteiger partial charge in [-0.15, -0.1) is 0 Å². The van der Waals surface area contributed by atoms with Crippen molar-refractivity contribution in [2.75, 3.05) is 11.6 Å². The summed E-state index contributed by atoms with van der Waals surface area (Å²) in [7, 11) is 0. The summed E-state index contributed by atoms with van der Waals surface area (Å²) < 4.78 is 1.91. The number of H-pyrrole nitrogens is 1. The van der Waals surface area contributed by atoms with Crippen molar-refractivity contribution < 1.29 is 4.79 Å². The number of thioether (sulfide) groups is 1. The molecule has 1 amide bonds. The van der Waals surface area contributed by atoms with E-state index in [1.807, 2.05) is 23.1 Å². The summed E-state index contributed by atoms with van der Waals surface area (Å²) >= 11 is 1.52. The number of hydrogen-bond donors (Lipinski definition) is 2. The molecule has 9 heteroatoms. The molecule has 3 rings (SSSR count). The van der Waals surface area contributed by atoms with Crippen LogP contribution in [0.3, 0.4) is 0 Å². The van der Waals surface area contributed by atoms with Crippen molar-refractivity contribution in [2.24, 2.45) is 0 Å². The quantitative estimate of drug-likeness (QED) is 0.697. The van der Waals surface area contributed by atoms with E-state index in [2.05, 4.69) is 20.3 Å². The average Bonchev–Trinajstić information content (AvgIpc) is 3.27. The molecule has 25 heavy (non-hydrogen) atoms. The lowest BCUT2D eigenvalue weighted by atomic mass is 10.2. The molecule has 0 unspecified atom stereocenters. The first-order valence-corrected chi connectivity index (χ1v) is 8.28. The highest BCUT2D eigenvalue weighted by Crippen LogP contribution is 2.19. The molecule has 0 saturated heterocycles. The number of nitrogens with one attached hydrogen (secondary N) is 2. The number of amides is 1. The van der Waals surface area contributed by atoms with Crippen LogP contribution in [0.4, 0.5) is 5.95 Å². The molecule has 0 radical (unpaired) electrons.